The highest BCUT2D eigenvalue weighted by atomic mass is 16.2. The summed E-state index contributed by atoms with van der Waals surface area (Å²) in [7, 11) is 4.15. The van der Waals surface area contributed by atoms with Gasteiger partial charge in [0, 0.05) is 61.7 Å². The van der Waals surface area contributed by atoms with Gasteiger partial charge < -0.3 is 10.2 Å². The number of aromatic nitrogens is 2. The van der Waals surface area contributed by atoms with Gasteiger partial charge in [-0.1, -0.05) is 18.2 Å². The van der Waals surface area contributed by atoms with E-state index in [2.05, 4.69) is 64.8 Å². The largest absolute Gasteiger partial charge is 0.385 e. The molecule has 42 heavy (non-hydrogen) atoms. The summed E-state index contributed by atoms with van der Waals surface area (Å²) in [5, 5.41) is 10.8. The lowest BCUT2D eigenvalue weighted by atomic mass is 9.80. The predicted molar refractivity (Wildman–Crippen MR) is 157 cm³/mol. The molecule has 2 saturated carbocycles. The fraction of sp³-hybridized carbons (Fsp3) is 0.406. The van der Waals surface area contributed by atoms with Crippen molar-refractivity contribution in [3.8, 4) is 11.1 Å². The second-order valence-electron chi connectivity index (χ2n) is 12.2. The number of carbonyl (C=O) groups is 4. The molecule has 4 aliphatic rings. The lowest BCUT2D eigenvalue weighted by Crippen LogP contribution is -2.54. The van der Waals surface area contributed by atoms with Gasteiger partial charge in [0.15, 0.2) is 0 Å². The SMILES string of the molecule is CN(C)c1ccccc1-c1cn([C@H]2C[C@H](CNc3ccc4c(c3)C(=O)N(C3CCC(=O)NC3=O)C4=O)C2)nc1C1CC1. The minimum absolute atomic E-state index is 0.101. The van der Waals surface area contributed by atoms with Crippen molar-refractivity contribution < 1.29 is 19.2 Å². The highest BCUT2D eigenvalue weighted by Crippen LogP contribution is 2.47. The van der Waals surface area contributed by atoms with Crippen LogP contribution in [-0.2, 0) is 9.59 Å². The molecule has 1 saturated heterocycles. The zero-order chi connectivity index (χ0) is 29.1. The van der Waals surface area contributed by atoms with Crippen LogP contribution in [0.3, 0.4) is 0 Å². The number of piperidine rings is 1. The van der Waals surface area contributed by atoms with Crippen molar-refractivity contribution in [2.45, 2.75) is 56.5 Å². The third kappa shape index (κ3) is 4.55. The Morgan fingerprint density at radius 2 is 1.69 bits per heavy atom. The monoisotopic (exact) mass is 566 g/mol. The summed E-state index contributed by atoms with van der Waals surface area (Å²) in [6, 6.07) is 13.1. The van der Waals surface area contributed by atoms with Crippen LogP contribution in [-0.4, -0.2) is 65.0 Å². The molecule has 10 nitrogen and oxygen atoms in total. The van der Waals surface area contributed by atoms with Crippen LogP contribution in [0.5, 0.6) is 0 Å². The van der Waals surface area contributed by atoms with E-state index in [0.717, 1.165) is 30.0 Å². The van der Waals surface area contributed by atoms with E-state index in [0.29, 0.717) is 17.9 Å². The molecule has 216 valence electrons. The van der Waals surface area contributed by atoms with Gasteiger partial charge in [-0.15, -0.1) is 0 Å². The normalized spacial score (nSPS) is 23.5. The number of hydrogen-bond donors (Lipinski definition) is 2. The van der Waals surface area contributed by atoms with Gasteiger partial charge in [0.05, 0.1) is 22.9 Å². The number of hydrogen-bond acceptors (Lipinski definition) is 7. The second kappa shape index (κ2) is 10.1. The molecule has 3 aromatic rings. The van der Waals surface area contributed by atoms with Crippen LogP contribution in [0.4, 0.5) is 11.4 Å². The van der Waals surface area contributed by atoms with Crippen LogP contribution in [0.15, 0.2) is 48.7 Å². The quantitative estimate of drug-likeness (QED) is 0.397. The standard InChI is InChI=1S/C32H34N6O4/c1-36(2)26-6-4-3-5-22(26)25-17-37(35-29(25)19-7-8-19)21-13-18(14-21)16-33-20-9-10-23-24(15-20)32(42)38(31(23)41)27-11-12-28(39)34-30(27)40/h3-6,9-10,15,17-19,21,27,33H,7-8,11-14,16H2,1-2H3,(H,34,39,40)/t18-,21-,27?. The molecule has 0 radical (unpaired) electrons. The van der Waals surface area contributed by atoms with Crippen LogP contribution in [0, 0.1) is 5.92 Å². The van der Waals surface area contributed by atoms with Crippen molar-refractivity contribution in [3.63, 3.8) is 0 Å². The molecular formula is C32H34N6O4. The smallest absolute Gasteiger partial charge is 0.262 e. The molecule has 4 amide bonds. The van der Waals surface area contributed by atoms with Crippen LogP contribution in [0.1, 0.15) is 76.9 Å². The highest BCUT2D eigenvalue weighted by molar-refractivity contribution is 6.23. The van der Waals surface area contributed by atoms with E-state index in [-0.39, 0.29) is 29.9 Å². The minimum atomic E-state index is -0.960. The van der Waals surface area contributed by atoms with Gasteiger partial charge in [0.1, 0.15) is 6.04 Å². The molecule has 1 aromatic heterocycles. The predicted octanol–water partition coefficient (Wildman–Crippen LogP) is 3.96. The molecule has 2 aliphatic heterocycles. The summed E-state index contributed by atoms with van der Waals surface area (Å²) in [5.74, 6) is -0.956. The number of benzene rings is 2. The zero-order valence-electron chi connectivity index (χ0n) is 23.8. The van der Waals surface area contributed by atoms with E-state index in [1.165, 1.54) is 35.3 Å². The summed E-state index contributed by atoms with van der Waals surface area (Å²) in [4.78, 5) is 53.1. The molecule has 10 heteroatoms. The minimum Gasteiger partial charge on any atom is -0.385 e. The van der Waals surface area contributed by atoms with Gasteiger partial charge in [-0.2, -0.15) is 5.10 Å². The van der Waals surface area contributed by atoms with Gasteiger partial charge in [-0.25, -0.2) is 0 Å². The molecule has 7 rings (SSSR count). The highest BCUT2D eigenvalue weighted by Gasteiger charge is 2.44. The number of amides is 4. The Bertz CT molecular complexity index is 1620. The molecule has 2 aromatic carbocycles. The second-order valence-corrected chi connectivity index (χ2v) is 12.2. The Morgan fingerprint density at radius 1 is 0.929 bits per heavy atom. The van der Waals surface area contributed by atoms with E-state index < -0.39 is 23.8 Å². The number of rotatable bonds is 8. The summed E-state index contributed by atoms with van der Waals surface area (Å²) in [6.07, 6.45) is 6.91. The maximum atomic E-state index is 13.1. The van der Waals surface area contributed by atoms with Crippen molar-refractivity contribution in [1.82, 2.24) is 20.0 Å². The van der Waals surface area contributed by atoms with Gasteiger partial charge in [0.25, 0.3) is 11.8 Å². The summed E-state index contributed by atoms with van der Waals surface area (Å²) in [5.41, 5.74) is 6.23. The fourth-order valence-corrected chi connectivity index (χ4v) is 6.48. The van der Waals surface area contributed by atoms with Crippen molar-refractivity contribution in [3.05, 3.63) is 65.5 Å². The van der Waals surface area contributed by atoms with Crippen molar-refractivity contribution in [1.29, 1.82) is 0 Å². The molecule has 3 fully saturated rings. The number of carbonyl (C=O) groups excluding carboxylic acids is 4. The first-order valence-electron chi connectivity index (χ1n) is 14.7. The maximum absolute atomic E-state index is 13.1. The molecule has 3 heterocycles. The summed E-state index contributed by atoms with van der Waals surface area (Å²) >= 11 is 0. The first kappa shape index (κ1) is 26.4. The van der Waals surface area contributed by atoms with Crippen LogP contribution in [0.25, 0.3) is 11.1 Å². The molecule has 2 N–H and O–H groups in total. The fourth-order valence-electron chi connectivity index (χ4n) is 6.48. The maximum Gasteiger partial charge on any atom is 0.262 e. The van der Waals surface area contributed by atoms with Crippen molar-refractivity contribution in [2.75, 3.05) is 30.9 Å². The number of para-hydroxylation sites is 1. The van der Waals surface area contributed by atoms with Gasteiger partial charge >= 0.3 is 0 Å². The average molecular weight is 567 g/mol. The number of fused-ring (bicyclic) bond motifs is 1. The molecule has 1 unspecified atom stereocenters. The first-order chi connectivity index (χ1) is 20.3. The third-order valence-corrected chi connectivity index (χ3v) is 9.02. The first-order valence-corrected chi connectivity index (χ1v) is 14.7. The molecule has 1 atom stereocenters. The van der Waals surface area contributed by atoms with Crippen LogP contribution < -0.4 is 15.5 Å². The number of nitrogens with zero attached hydrogens (tertiary/aromatic N) is 4. The number of imide groups is 2. The van der Waals surface area contributed by atoms with E-state index >= 15 is 0 Å². The van der Waals surface area contributed by atoms with Crippen LogP contribution in [0.2, 0.25) is 0 Å². The van der Waals surface area contributed by atoms with Crippen molar-refractivity contribution >= 4 is 35.0 Å². The Balaban J connectivity index is 1.00. The third-order valence-electron chi connectivity index (χ3n) is 9.02. The van der Waals surface area contributed by atoms with E-state index in [1.807, 2.05) is 0 Å². The van der Waals surface area contributed by atoms with Gasteiger partial charge in [-0.3, -0.25) is 34.1 Å². The van der Waals surface area contributed by atoms with Gasteiger partial charge in [0.2, 0.25) is 11.8 Å². The van der Waals surface area contributed by atoms with E-state index in [4.69, 9.17) is 5.10 Å². The topological polar surface area (TPSA) is 117 Å². The molecule has 2 aliphatic carbocycles. The van der Waals surface area contributed by atoms with Crippen molar-refractivity contribution in [2.24, 2.45) is 5.92 Å². The number of nitrogens with one attached hydrogen (secondary N) is 2. The molecule has 0 bridgehead atoms. The Labute approximate surface area is 244 Å². The zero-order valence-corrected chi connectivity index (χ0v) is 23.8. The van der Waals surface area contributed by atoms with Gasteiger partial charge in [-0.05, 0) is 62.3 Å². The Kier molecular flexibility index (Phi) is 6.36. The molecular weight excluding hydrogens is 532 g/mol. The lowest BCUT2D eigenvalue weighted by Gasteiger charge is -2.35. The number of anilines is 2. The lowest BCUT2D eigenvalue weighted by molar-refractivity contribution is -0.136. The average Bonchev–Trinajstić information content (AvgIpc) is 3.66. The van der Waals surface area contributed by atoms with Crippen LogP contribution >= 0.6 is 0 Å². The Morgan fingerprint density at radius 3 is 2.43 bits per heavy atom. The van der Waals surface area contributed by atoms with E-state index in [9.17, 15) is 19.2 Å². The molecule has 0 spiro atoms. The summed E-state index contributed by atoms with van der Waals surface area (Å²) < 4.78 is 2.18. The Hall–Kier alpha value is -4.47. The van der Waals surface area contributed by atoms with E-state index in [1.54, 1.807) is 18.2 Å². The summed E-state index contributed by atoms with van der Waals surface area (Å²) in [6.45, 7) is 0.751.